The first-order valence-electron chi connectivity index (χ1n) is 5.21. The van der Waals surface area contributed by atoms with Crippen molar-refractivity contribution >= 4 is 35.1 Å². The number of ether oxygens (including phenoxy) is 2. The molecule has 0 heterocycles. The molecule has 4 nitrogen and oxygen atoms in total. The second kappa shape index (κ2) is 9.31. The summed E-state index contributed by atoms with van der Waals surface area (Å²) >= 11 is 10.8. The molecule has 0 saturated carbocycles. The van der Waals surface area contributed by atoms with E-state index in [1.54, 1.807) is 6.92 Å². The largest absolute Gasteiger partial charge is 0.463 e. The van der Waals surface area contributed by atoms with E-state index >= 15 is 0 Å². The fourth-order valence-electron chi connectivity index (χ4n) is 0.920. The number of carbonyl (C=O) groups excluding carboxylic acids is 2. The number of rotatable bonds is 8. The lowest BCUT2D eigenvalue weighted by Gasteiger charge is -2.08. The number of hydrogen-bond acceptors (Lipinski definition) is 4. The van der Waals surface area contributed by atoms with E-state index in [9.17, 15) is 9.59 Å². The van der Waals surface area contributed by atoms with Crippen LogP contribution in [0.1, 0.15) is 26.2 Å². The predicted octanol–water partition coefficient (Wildman–Crippen LogP) is 2.62. The smallest absolute Gasteiger partial charge is 0.306 e. The minimum absolute atomic E-state index is 0.0418. The van der Waals surface area contributed by atoms with Crippen LogP contribution in [0.3, 0.4) is 0 Å². The van der Waals surface area contributed by atoms with Crippen molar-refractivity contribution in [1.29, 1.82) is 0 Å². The molecule has 0 aromatic heterocycles. The molecule has 6 heteroatoms. The average molecular weight is 283 g/mol. The minimum Gasteiger partial charge on any atom is -0.463 e. The van der Waals surface area contributed by atoms with Gasteiger partial charge in [-0.3, -0.25) is 9.59 Å². The molecule has 0 radical (unpaired) electrons. The van der Waals surface area contributed by atoms with Crippen LogP contribution in [0.2, 0.25) is 0 Å². The topological polar surface area (TPSA) is 52.6 Å². The van der Waals surface area contributed by atoms with Gasteiger partial charge >= 0.3 is 11.9 Å². The Labute approximate surface area is 111 Å². The summed E-state index contributed by atoms with van der Waals surface area (Å²) in [4.78, 5) is 21.6. The fraction of sp³-hybridized carbons (Fsp3) is 0.636. The Kier molecular flexibility index (Phi) is 8.90. The summed E-state index contributed by atoms with van der Waals surface area (Å²) in [5, 5.41) is 0. The molecule has 0 aliphatic rings. The van der Waals surface area contributed by atoms with E-state index in [0.29, 0.717) is 6.42 Å². The molecule has 0 rings (SSSR count). The Morgan fingerprint density at radius 3 is 2.41 bits per heavy atom. The zero-order chi connectivity index (χ0) is 13.3. The van der Waals surface area contributed by atoms with Crippen LogP contribution in [-0.4, -0.2) is 29.5 Å². The molecule has 0 saturated heterocycles. The normalized spacial score (nSPS) is 12.0. The summed E-state index contributed by atoms with van der Waals surface area (Å²) in [5.41, 5.74) is 0. The summed E-state index contributed by atoms with van der Waals surface area (Å²) in [6, 6.07) is 0. The second-order valence-electron chi connectivity index (χ2n) is 3.36. The minimum atomic E-state index is -0.725. The van der Waals surface area contributed by atoms with Gasteiger partial charge in [0.2, 0.25) is 0 Å². The molecule has 1 unspecified atom stereocenters. The van der Waals surface area contributed by atoms with Crippen LogP contribution in [0.4, 0.5) is 0 Å². The summed E-state index contributed by atoms with van der Waals surface area (Å²) in [7, 11) is 0. The lowest BCUT2D eigenvalue weighted by molar-refractivity contribution is -0.147. The average Bonchev–Trinajstić information content (AvgIpc) is 2.26. The van der Waals surface area contributed by atoms with Crippen LogP contribution in [0, 0.1) is 0 Å². The van der Waals surface area contributed by atoms with Crippen molar-refractivity contribution in [3.05, 3.63) is 12.7 Å². The first-order chi connectivity index (χ1) is 7.95. The Morgan fingerprint density at radius 1 is 1.29 bits per heavy atom. The van der Waals surface area contributed by atoms with Gasteiger partial charge in [0.1, 0.15) is 17.5 Å². The molecule has 0 fully saturated rings. The quantitative estimate of drug-likeness (QED) is 0.390. The van der Waals surface area contributed by atoms with Gasteiger partial charge in [0.25, 0.3) is 0 Å². The van der Waals surface area contributed by atoms with Crippen molar-refractivity contribution < 1.29 is 19.1 Å². The standard InChI is InChI=1S/C11H16Cl2O4/c1-3-8(2)17-11(15)6-4-5-10(14)16-7-9(12)13/h3,8-9H,1,4-7H2,2H3. The second-order valence-corrected chi connectivity index (χ2v) is 4.64. The number of halogens is 2. The van der Waals surface area contributed by atoms with Gasteiger partial charge in [-0.25, -0.2) is 0 Å². The molecule has 0 N–H and O–H groups in total. The van der Waals surface area contributed by atoms with Crippen LogP contribution < -0.4 is 0 Å². The molecular weight excluding hydrogens is 267 g/mol. The Balaban J connectivity index is 3.59. The van der Waals surface area contributed by atoms with Crippen molar-refractivity contribution in [1.82, 2.24) is 0 Å². The number of hydrogen-bond donors (Lipinski definition) is 0. The highest BCUT2D eigenvalue weighted by atomic mass is 35.5. The molecule has 0 amide bonds. The maximum Gasteiger partial charge on any atom is 0.306 e. The molecule has 17 heavy (non-hydrogen) atoms. The molecule has 0 spiro atoms. The zero-order valence-electron chi connectivity index (χ0n) is 9.66. The predicted molar refractivity (Wildman–Crippen MR) is 66.1 cm³/mol. The van der Waals surface area contributed by atoms with Gasteiger partial charge in [0.15, 0.2) is 0 Å². The van der Waals surface area contributed by atoms with E-state index in [0.717, 1.165) is 0 Å². The summed E-state index contributed by atoms with van der Waals surface area (Å²) in [6.45, 7) is 5.15. The van der Waals surface area contributed by atoms with E-state index in [2.05, 4.69) is 6.58 Å². The van der Waals surface area contributed by atoms with Gasteiger partial charge in [-0.05, 0) is 13.3 Å². The van der Waals surface area contributed by atoms with E-state index in [1.165, 1.54) is 6.08 Å². The van der Waals surface area contributed by atoms with E-state index in [-0.39, 0.29) is 31.5 Å². The van der Waals surface area contributed by atoms with Gasteiger partial charge < -0.3 is 9.47 Å². The maximum absolute atomic E-state index is 11.2. The summed E-state index contributed by atoms with van der Waals surface area (Å²) in [5.74, 6) is -0.793. The lowest BCUT2D eigenvalue weighted by atomic mass is 10.2. The lowest BCUT2D eigenvalue weighted by Crippen LogP contribution is -2.14. The fourth-order valence-corrected chi connectivity index (χ4v) is 1.05. The number of alkyl halides is 2. The molecule has 0 aromatic carbocycles. The van der Waals surface area contributed by atoms with Crippen LogP contribution in [-0.2, 0) is 19.1 Å². The van der Waals surface area contributed by atoms with Crippen molar-refractivity contribution in [2.75, 3.05) is 6.61 Å². The Bertz CT molecular complexity index is 266. The maximum atomic E-state index is 11.2. The van der Waals surface area contributed by atoms with E-state index in [1.807, 2.05) is 0 Å². The first-order valence-corrected chi connectivity index (χ1v) is 6.08. The number of esters is 2. The zero-order valence-corrected chi connectivity index (χ0v) is 11.2. The molecular formula is C11H16Cl2O4. The van der Waals surface area contributed by atoms with Gasteiger partial charge in [-0.2, -0.15) is 0 Å². The van der Waals surface area contributed by atoms with Crippen LogP contribution in [0.25, 0.3) is 0 Å². The Hall–Kier alpha value is -0.740. The monoisotopic (exact) mass is 282 g/mol. The highest BCUT2D eigenvalue weighted by Crippen LogP contribution is 2.05. The number of carbonyl (C=O) groups is 2. The molecule has 0 aromatic rings. The van der Waals surface area contributed by atoms with Crippen LogP contribution in [0.5, 0.6) is 0 Å². The molecule has 0 bridgehead atoms. The third-order valence-electron chi connectivity index (χ3n) is 1.78. The SMILES string of the molecule is C=CC(C)OC(=O)CCCC(=O)OCC(Cl)Cl. The van der Waals surface area contributed by atoms with E-state index in [4.69, 9.17) is 32.7 Å². The molecule has 98 valence electrons. The summed E-state index contributed by atoms with van der Waals surface area (Å²) in [6.07, 6.45) is 1.88. The molecule has 0 aliphatic carbocycles. The third kappa shape index (κ3) is 10.1. The summed E-state index contributed by atoms with van der Waals surface area (Å²) < 4.78 is 9.64. The van der Waals surface area contributed by atoms with Crippen LogP contribution in [0.15, 0.2) is 12.7 Å². The first kappa shape index (κ1) is 16.3. The third-order valence-corrected chi connectivity index (χ3v) is 2.03. The van der Waals surface area contributed by atoms with Gasteiger partial charge in [-0.1, -0.05) is 12.7 Å². The van der Waals surface area contributed by atoms with Crippen molar-refractivity contribution in [2.45, 2.75) is 37.1 Å². The highest BCUT2D eigenvalue weighted by Gasteiger charge is 2.10. The van der Waals surface area contributed by atoms with Crippen molar-refractivity contribution in [3.63, 3.8) is 0 Å². The Morgan fingerprint density at radius 2 is 1.88 bits per heavy atom. The van der Waals surface area contributed by atoms with Crippen molar-refractivity contribution in [2.24, 2.45) is 0 Å². The highest BCUT2D eigenvalue weighted by molar-refractivity contribution is 6.44. The van der Waals surface area contributed by atoms with Gasteiger partial charge in [0.05, 0.1) is 0 Å². The van der Waals surface area contributed by atoms with Crippen molar-refractivity contribution in [3.8, 4) is 0 Å². The van der Waals surface area contributed by atoms with Crippen LogP contribution >= 0.6 is 23.2 Å². The molecule has 1 atom stereocenters. The van der Waals surface area contributed by atoms with E-state index < -0.39 is 10.8 Å². The van der Waals surface area contributed by atoms with Gasteiger partial charge in [-0.15, -0.1) is 23.2 Å². The molecule has 0 aliphatic heterocycles. The van der Waals surface area contributed by atoms with Gasteiger partial charge in [0, 0.05) is 12.8 Å².